The van der Waals surface area contributed by atoms with Gasteiger partial charge in [0.1, 0.15) is 0 Å². The summed E-state index contributed by atoms with van der Waals surface area (Å²) in [5, 5.41) is 0. The quantitative estimate of drug-likeness (QED) is 0.801. The number of hydrogen-bond acceptors (Lipinski definition) is 2. The maximum Gasteiger partial charge on any atom is 0.0218 e. The largest absolute Gasteiger partial charge is 0.329 e. The number of hydrogen-bond donors (Lipinski definition) is 1. The minimum Gasteiger partial charge on any atom is -0.329 e. The lowest BCUT2D eigenvalue weighted by molar-refractivity contribution is 0.148. The third kappa shape index (κ3) is 4.31. The van der Waals surface area contributed by atoms with E-state index >= 15 is 0 Å². The van der Waals surface area contributed by atoms with Gasteiger partial charge in [0.2, 0.25) is 0 Å². The lowest BCUT2D eigenvalue weighted by Gasteiger charge is -2.37. The zero-order chi connectivity index (χ0) is 15.8. The first-order chi connectivity index (χ1) is 10.8. The number of nitrogens with two attached hydrogens (primary N) is 1. The van der Waals surface area contributed by atoms with Crippen LogP contribution < -0.4 is 5.73 Å². The van der Waals surface area contributed by atoms with Crippen LogP contribution in [0.3, 0.4) is 0 Å². The lowest BCUT2D eigenvalue weighted by atomic mass is 9.88. The van der Waals surface area contributed by atoms with E-state index in [4.69, 9.17) is 5.73 Å². The van der Waals surface area contributed by atoms with Crippen molar-refractivity contribution in [3.63, 3.8) is 0 Å². The van der Waals surface area contributed by atoms with Crippen molar-refractivity contribution < 1.29 is 0 Å². The molecular weight excluding hydrogens is 268 g/mol. The topological polar surface area (TPSA) is 29.3 Å². The summed E-state index contributed by atoms with van der Waals surface area (Å²) < 4.78 is 0. The molecule has 2 nitrogen and oxygen atoms in total. The molecule has 1 aliphatic rings. The van der Waals surface area contributed by atoms with Gasteiger partial charge < -0.3 is 5.73 Å². The van der Waals surface area contributed by atoms with Crippen LogP contribution in [0.4, 0.5) is 0 Å². The Bertz CT molecular complexity index is 490. The predicted molar refractivity (Wildman–Crippen MR) is 96.0 cm³/mol. The minimum atomic E-state index is 0.426. The zero-order valence-electron chi connectivity index (χ0n) is 14.0. The first-order valence-electron chi connectivity index (χ1n) is 8.58. The molecule has 0 spiro atoms. The molecule has 0 aromatic heterocycles. The van der Waals surface area contributed by atoms with Crippen molar-refractivity contribution >= 4 is 0 Å². The second kappa shape index (κ2) is 8.92. The maximum absolute atomic E-state index is 6.01. The van der Waals surface area contributed by atoms with E-state index in [2.05, 4.69) is 67.3 Å². The van der Waals surface area contributed by atoms with Crippen molar-refractivity contribution in [2.24, 2.45) is 5.73 Å². The van der Waals surface area contributed by atoms with E-state index < -0.39 is 0 Å². The third-order valence-electron chi connectivity index (χ3n) is 4.73. The van der Waals surface area contributed by atoms with Crippen LogP contribution in [0.15, 0.2) is 54.1 Å². The summed E-state index contributed by atoms with van der Waals surface area (Å²) in [5.74, 6) is 0.426. The molecule has 1 heterocycles. The summed E-state index contributed by atoms with van der Waals surface area (Å²) in [7, 11) is 0. The van der Waals surface area contributed by atoms with Crippen LogP contribution in [0, 0.1) is 0 Å². The second-order valence-electron chi connectivity index (χ2n) is 6.13. The second-order valence-corrected chi connectivity index (χ2v) is 6.13. The van der Waals surface area contributed by atoms with E-state index in [1.54, 1.807) is 0 Å². The Kier molecular flexibility index (Phi) is 6.88. The van der Waals surface area contributed by atoms with Gasteiger partial charge in [-0.15, -0.1) is 0 Å². The first-order valence-corrected chi connectivity index (χ1v) is 8.58. The number of rotatable bonds is 6. The highest BCUT2D eigenvalue weighted by Gasteiger charge is 2.25. The van der Waals surface area contributed by atoms with Crippen LogP contribution in [0.5, 0.6) is 0 Å². The summed E-state index contributed by atoms with van der Waals surface area (Å²) in [4.78, 5) is 2.61. The van der Waals surface area contributed by atoms with Crippen LogP contribution in [-0.2, 0) is 0 Å². The first kappa shape index (κ1) is 17.0. The molecule has 1 fully saturated rings. The molecule has 0 aliphatic carbocycles. The van der Waals surface area contributed by atoms with Crippen molar-refractivity contribution in [1.82, 2.24) is 4.90 Å². The van der Waals surface area contributed by atoms with E-state index in [1.807, 2.05) is 0 Å². The van der Waals surface area contributed by atoms with Crippen LogP contribution in [0.1, 0.15) is 44.6 Å². The van der Waals surface area contributed by atoms with Gasteiger partial charge in [0.25, 0.3) is 0 Å². The highest BCUT2D eigenvalue weighted by atomic mass is 15.2. The Hall–Kier alpha value is -1.38. The molecule has 0 saturated carbocycles. The standard InChI is InChI=1S/C20H30N2/c1-3-10-17(4-2)20(18-11-6-5-7-12-18)16-22-14-9-8-13-19(22)15-21/h3-7,10-12,19-20H,8-9,13-16,21H2,1-2H3/b10-3-,17-4+. The normalized spacial score (nSPS) is 22.1. The summed E-state index contributed by atoms with van der Waals surface area (Å²) in [6.07, 6.45) is 10.5. The highest BCUT2D eigenvalue weighted by molar-refractivity contribution is 5.35. The SMILES string of the molecule is C/C=C\C(=C/C)C(CN1CCCCC1CN)c1ccccc1. The summed E-state index contributed by atoms with van der Waals surface area (Å²) >= 11 is 0. The molecule has 2 unspecified atom stereocenters. The van der Waals surface area contributed by atoms with E-state index in [0.717, 1.165) is 13.1 Å². The Morgan fingerprint density at radius 1 is 1.27 bits per heavy atom. The van der Waals surface area contributed by atoms with Gasteiger partial charge in [-0.05, 0) is 44.4 Å². The van der Waals surface area contributed by atoms with Crippen LogP contribution in [0.2, 0.25) is 0 Å². The fourth-order valence-electron chi connectivity index (χ4n) is 3.50. The molecule has 22 heavy (non-hydrogen) atoms. The molecule has 2 heteroatoms. The minimum absolute atomic E-state index is 0.426. The average molecular weight is 298 g/mol. The Labute approximate surface area is 135 Å². The van der Waals surface area contributed by atoms with Crippen molar-refractivity contribution in [3.8, 4) is 0 Å². The molecule has 1 saturated heterocycles. The fraction of sp³-hybridized carbons (Fsp3) is 0.500. The molecule has 1 aromatic carbocycles. The fourth-order valence-corrected chi connectivity index (χ4v) is 3.50. The van der Waals surface area contributed by atoms with E-state index in [9.17, 15) is 0 Å². The Morgan fingerprint density at radius 2 is 2.05 bits per heavy atom. The molecule has 2 N–H and O–H groups in total. The zero-order valence-corrected chi connectivity index (χ0v) is 14.0. The van der Waals surface area contributed by atoms with Crippen molar-refractivity contribution in [3.05, 3.63) is 59.7 Å². The molecule has 0 radical (unpaired) electrons. The molecule has 2 atom stereocenters. The summed E-state index contributed by atoms with van der Waals surface area (Å²) in [5.41, 5.74) is 8.80. The van der Waals surface area contributed by atoms with Crippen LogP contribution in [-0.4, -0.2) is 30.6 Å². The lowest BCUT2D eigenvalue weighted by Crippen LogP contribution is -2.45. The number of nitrogens with zero attached hydrogens (tertiary/aromatic N) is 1. The molecular formula is C20H30N2. The molecule has 120 valence electrons. The van der Waals surface area contributed by atoms with Gasteiger partial charge in [0.15, 0.2) is 0 Å². The maximum atomic E-state index is 6.01. The van der Waals surface area contributed by atoms with Gasteiger partial charge in [-0.25, -0.2) is 0 Å². The van der Waals surface area contributed by atoms with Crippen LogP contribution >= 0.6 is 0 Å². The van der Waals surface area contributed by atoms with E-state index in [1.165, 1.54) is 36.9 Å². The van der Waals surface area contributed by atoms with Crippen LogP contribution in [0.25, 0.3) is 0 Å². The average Bonchev–Trinajstić information content (AvgIpc) is 2.59. The predicted octanol–water partition coefficient (Wildman–Crippen LogP) is 4.11. The number of piperidine rings is 1. The smallest absolute Gasteiger partial charge is 0.0218 e. The van der Waals surface area contributed by atoms with Gasteiger partial charge in [-0.3, -0.25) is 4.90 Å². The van der Waals surface area contributed by atoms with Gasteiger partial charge in [0, 0.05) is 25.0 Å². The monoisotopic (exact) mass is 298 g/mol. The number of allylic oxidation sites excluding steroid dienone is 3. The Balaban J connectivity index is 2.24. The molecule has 1 aliphatic heterocycles. The van der Waals surface area contributed by atoms with E-state index in [-0.39, 0.29) is 0 Å². The number of likely N-dealkylation sites (tertiary alicyclic amines) is 1. The summed E-state index contributed by atoms with van der Waals surface area (Å²) in [6, 6.07) is 11.4. The van der Waals surface area contributed by atoms with Gasteiger partial charge in [-0.1, -0.05) is 55.0 Å². The van der Waals surface area contributed by atoms with Gasteiger partial charge in [0.05, 0.1) is 0 Å². The molecule has 0 amide bonds. The molecule has 0 bridgehead atoms. The number of benzene rings is 1. The Morgan fingerprint density at radius 3 is 2.68 bits per heavy atom. The van der Waals surface area contributed by atoms with Gasteiger partial charge in [-0.2, -0.15) is 0 Å². The molecule has 2 rings (SSSR count). The highest BCUT2D eigenvalue weighted by Crippen LogP contribution is 2.29. The molecule has 1 aromatic rings. The van der Waals surface area contributed by atoms with Crippen molar-refractivity contribution in [2.45, 2.75) is 45.1 Å². The van der Waals surface area contributed by atoms with Crippen molar-refractivity contribution in [1.29, 1.82) is 0 Å². The van der Waals surface area contributed by atoms with Gasteiger partial charge >= 0.3 is 0 Å². The summed E-state index contributed by atoms with van der Waals surface area (Å²) in [6.45, 7) is 7.25. The van der Waals surface area contributed by atoms with E-state index in [0.29, 0.717) is 12.0 Å². The van der Waals surface area contributed by atoms with Crippen molar-refractivity contribution in [2.75, 3.05) is 19.6 Å². The third-order valence-corrected chi connectivity index (χ3v) is 4.73.